The highest BCUT2D eigenvalue weighted by molar-refractivity contribution is 5.93. The number of carbonyl (C=O) groups is 2. The van der Waals surface area contributed by atoms with Crippen LogP contribution in [0.3, 0.4) is 0 Å². The van der Waals surface area contributed by atoms with Gasteiger partial charge in [-0.25, -0.2) is 4.79 Å². The zero-order chi connectivity index (χ0) is 17.4. The van der Waals surface area contributed by atoms with Crippen molar-refractivity contribution in [1.82, 2.24) is 14.8 Å². The molecule has 2 aliphatic rings. The lowest BCUT2D eigenvalue weighted by Crippen LogP contribution is -2.58. The predicted octanol–water partition coefficient (Wildman–Crippen LogP) is 2.80. The van der Waals surface area contributed by atoms with Gasteiger partial charge >= 0.3 is 6.03 Å². The number of benzene rings is 1. The Balaban J connectivity index is 1.45. The number of fused-ring (bicyclic) bond motifs is 1. The number of rotatable bonds is 3. The van der Waals surface area contributed by atoms with Crippen LogP contribution in [0.5, 0.6) is 0 Å². The molecule has 132 valence electrons. The Morgan fingerprint density at radius 1 is 1.16 bits per heavy atom. The van der Waals surface area contributed by atoms with Gasteiger partial charge in [0, 0.05) is 37.4 Å². The van der Waals surface area contributed by atoms with Crippen LogP contribution in [-0.2, 0) is 11.3 Å². The van der Waals surface area contributed by atoms with Crippen LogP contribution in [0.15, 0.2) is 30.5 Å². The molecular weight excluding hydrogens is 316 g/mol. The highest BCUT2D eigenvalue weighted by Gasteiger charge is 2.46. The number of nitrogens with one attached hydrogen (secondary N) is 2. The normalized spacial score (nSPS) is 18.4. The quantitative estimate of drug-likeness (QED) is 0.902. The summed E-state index contributed by atoms with van der Waals surface area (Å²) in [5.41, 5.74) is 2.11. The lowest BCUT2D eigenvalue weighted by Gasteiger charge is -2.48. The van der Waals surface area contributed by atoms with Crippen molar-refractivity contribution in [2.45, 2.75) is 32.2 Å². The summed E-state index contributed by atoms with van der Waals surface area (Å²) in [5.74, 6) is -0.0469. The summed E-state index contributed by atoms with van der Waals surface area (Å²) in [5, 5.41) is 6.68. The summed E-state index contributed by atoms with van der Waals surface area (Å²) in [6.45, 7) is 2.04. The molecule has 2 aromatic rings. The number of likely N-dealkylation sites (N-methyl/N-ethyl adjacent to an activating group) is 1. The molecule has 1 spiro atoms. The molecule has 1 aromatic carbocycles. The Bertz CT molecular complexity index is 812. The lowest BCUT2D eigenvalue weighted by molar-refractivity contribution is -0.121. The molecular formula is C19H24N4O2. The van der Waals surface area contributed by atoms with Gasteiger partial charge in [0.2, 0.25) is 5.91 Å². The average Bonchev–Trinajstić information content (AvgIpc) is 3.21. The van der Waals surface area contributed by atoms with Gasteiger partial charge in [-0.2, -0.15) is 0 Å². The van der Waals surface area contributed by atoms with Gasteiger partial charge in [-0.3, -0.25) is 4.79 Å². The summed E-state index contributed by atoms with van der Waals surface area (Å²) < 4.78 is 1.89. The third kappa shape index (κ3) is 2.97. The van der Waals surface area contributed by atoms with Gasteiger partial charge < -0.3 is 20.1 Å². The summed E-state index contributed by atoms with van der Waals surface area (Å²) >= 11 is 0. The van der Waals surface area contributed by atoms with Crippen molar-refractivity contribution in [3.05, 3.63) is 30.5 Å². The van der Waals surface area contributed by atoms with Crippen molar-refractivity contribution in [3.63, 3.8) is 0 Å². The minimum absolute atomic E-state index is 0.0266. The molecule has 25 heavy (non-hydrogen) atoms. The van der Waals surface area contributed by atoms with Crippen LogP contribution >= 0.6 is 0 Å². The zero-order valence-corrected chi connectivity index (χ0v) is 14.5. The third-order valence-corrected chi connectivity index (χ3v) is 5.62. The van der Waals surface area contributed by atoms with Crippen molar-refractivity contribution >= 4 is 28.5 Å². The number of hydrogen-bond acceptors (Lipinski definition) is 2. The highest BCUT2D eigenvalue weighted by Crippen LogP contribution is 2.45. The van der Waals surface area contributed by atoms with Crippen molar-refractivity contribution in [2.24, 2.45) is 5.41 Å². The van der Waals surface area contributed by atoms with E-state index >= 15 is 0 Å². The van der Waals surface area contributed by atoms with Crippen molar-refractivity contribution < 1.29 is 9.59 Å². The van der Waals surface area contributed by atoms with Gasteiger partial charge in [-0.15, -0.1) is 0 Å². The number of aromatic nitrogens is 1. The highest BCUT2D eigenvalue weighted by atomic mass is 16.2. The first-order valence-electron chi connectivity index (χ1n) is 8.94. The maximum absolute atomic E-state index is 12.5. The second-order valence-electron chi connectivity index (χ2n) is 7.38. The number of nitrogens with zero attached hydrogens (tertiary/aromatic N) is 2. The Hall–Kier alpha value is -2.50. The molecule has 1 aliphatic carbocycles. The first-order chi connectivity index (χ1) is 12.1. The van der Waals surface area contributed by atoms with E-state index in [1.807, 2.05) is 39.9 Å². The third-order valence-electron chi connectivity index (χ3n) is 5.62. The molecule has 0 unspecified atom stereocenters. The van der Waals surface area contributed by atoms with Gasteiger partial charge in [-0.1, -0.05) is 18.9 Å². The molecule has 3 amide bonds. The molecule has 2 N–H and O–H groups in total. The van der Waals surface area contributed by atoms with Crippen LogP contribution in [0.1, 0.15) is 25.7 Å². The number of hydrogen-bond donors (Lipinski definition) is 2. The molecule has 2 fully saturated rings. The van der Waals surface area contributed by atoms with E-state index in [9.17, 15) is 9.59 Å². The summed E-state index contributed by atoms with van der Waals surface area (Å²) in [4.78, 5) is 26.0. The monoisotopic (exact) mass is 340 g/mol. The van der Waals surface area contributed by atoms with Crippen LogP contribution in [0.25, 0.3) is 10.9 Å². The minimum Gasteiger partial charge on any atom is -0.358 e. The lowest BCUT2D eigenvalue weighted by atomic mass is 9.78. The summed E-state index contributed by atoms with van der Waals surface area (Å²) in [6, 6.07) is 7.76. The van der Waals surface area contributed by atoms with E-state index in [2.05, 4.69) is 10.6 Å². The van der Waals surface area contributed by atoms with E-state index in [-0.39, 0.29) is 18.5 Å². The second-order valence-corrected chi connectivity index (χ2v) is 7.38. The van der Waals surface area contributed by atoms with E-state index < -0.39 is 0 Å². The second kappa shape index (κ2) is 6.10. The summed E-state index contributed by atoms with van der Waals surface area (Å²) in [6.07, 6.45) is 7.01. The predicted molar refractivity (Wildman–Crippen MR) is 97.5 cm³/mol. The fourth-order valence-electron chi connectivity index (χ4n) is 4.18. The SMILES string of the molecule is CNC(=O)Cn1ccc2ccc(NC(=O)N3CC4(CCCC4)C3)cc21. The number of carbonyl (C=O) groups excluding carboxylic acids is 2. The fourth-order valence-corrected chi connectivity index (χ4v) is 4.18. The number of likely N-dealkylation sites (tertiary alicyclic amines) is 1. The van der Waals surface area contributed by atoms with Crippen LogP contribution in [0, 0.1) is 5.41 Å². The largest absolute Gasteiger partial charge is 0.358 e. The molecule has 1 aliphatic heterocycles. The van der Waals surface area contributed by atoms with Crippen molar-refractivity contribution in [3.8, 4) is 0 Å². The molecule has 1 aromatic heterocycles. The topological polar surface area (TPSA) is 66.4 Å². The average molecular weight is 340 g/mol. The Kier molecular flexibility index (Phi) is 3.90. The smallest absolute Gasteiger partial charge is 0.321 e. The van der Waals surface area contributed by atoms with E-state index in [1.54, 1.807) is 7.05 Å². The van der Waals surface area contributed by atoms with Gasteiger partial charge in [0.05, 0.1) is 5.52 Å². The first kappa shape index (κ1) is 16.0. The number of anilines is 1. The molecule has 1 saturated carbocycles. The molecule has 0 radical (unpaired) electrons. The van der Waals surface area contributed by atoms with Crippen LogP contribution in [0.4, 0.5) is 10.5 Å². The van der Waals surface area contributed by atoms with E-state index in [1.165, 1.54) is 25.7 Å². The van der Waals surface area contributed by atoms with Gasteiger partial charge in [0.1, 0.15) is 6.54 Å². The van der Waals surface area contributed by atoms with Gasteiger partial charge in [0.25, 0.3) is 0 Å². The molecule has 0 bridgehead atoms. The van der Waals surface area contributed by atoms with Crippen LogP contribution in [-0.4, -0.2) is 41.5 Å². The van der Waals surface area contributed by atoms with E-state index in [4.69, 9.17) is 0 Å². The molecule has 0 atom stereocenters. The van der Waals surface area contributed by atoms with Gasteiger partial charge in [-0.05, 0) is 36.4 Å². The van der Waals surface area contributed by atoms with Crippen molar-refractivity contribution in [2.75, 3.05) is 25.5 Å². The van der Waals surface area contributed by atoms with Crippen LogP contribution in [0.2, 0.25) is 0 Å². The molecule has 1 saturated heterocycles. The first-order valence-corrected chi connectivity index (χ1v) is 8.94. The molecule has 6 nitrogen and oxygen atoms in total. The Morgan fingerprint density at radius 3 is 2.64 bits per heavy atom. The van der Waals surface area contributed by atoms with Crippen LogP contribution < -0.4 is 10.6 Å². The number of urea groups is 1. The molecule has 6 heteroatoms. The Morgan fingerprint density at radius 2 is 1.92 bits per heavy atom. The maximum Gasteiger partial charge on any atom is 0.321 e. The van der Waals surface area contributed by atoms with Crippen molar-refractivity contribution in [1.29, 1.82) is 0 Å². The zero-order valence-electron chi connectivity index (χ0n) is 14.5. The molecule has 4 rings (SSSR count). The fraction of sp³-hybridized carbons (Fsp3) is 0.474. The van der Waals surface area contributed by atoms with E-state index in [0.29, 0.717) is 5.41 Å². The molecule has 2 heterocycles. The van der Waals surface area contributed by atoms with E-state index in [0.717, 1.165) is 29.7 Å². The standard InChI is InChI=1S/C19H24N4O2/c1-20-17(24)11-22-9-6-14-4-5-15(10-16(14)22)21-18(25)23-12-19(13-23)7-2-3-8-19/h4-6,9-10H,2-3,7-8,11-13H2,1H3,(H,20,24)(H,21,25). The van der Waals surface area contributed by atoms with Gasteiger partial charge in [0.15, 0.2) is 0 Å². The Labute approximate surface area is 147 Å². The minimum atomic E-state index is -0.0469. The number of amides is 3. The summed E-state index contributed by atoms with van der Waals surface area (Å²) in [7, 11) is 1.63. The maximum atomic E-state index is 12.5.